The molecule has 2 nitrogen and oxygen atoms in total. The fourth-order valence-electron chi connectivity index (χ4n) is 3.17. The molecule has 0 heterocycles. The summed E-state index contributed by atoms with van der Waals surface area (Å²) >= 11 is 0. The van der Waals surface area contributed by atoms with E-state index in [4.69, 9.17) is 0 Å². The third-order valence-electron chi connectivity index (χ3n) is 4.22. The minimum atomic E-state index is -0.513. The Labute approximate surface area is 91.4 Å². The highest BCUT2D eigenvalue weighted by Crippen LogP contribution is 2.48. The second-order valence-electron chi connectivity index (χ2n) is 5.61. The van der Waals surface area contributed by atoms with E-state index in [1.807, 2.05) is 0 Å². The molecular weight excluding hydrogens is 188 g/mol. The van der Waals surface area contributed by atoms with Gasteiger partial charge >= 0.3 is 0 Å². The summed E-state index contributed by atoms with van der Waals surface area (Å²) in [5.41, 5.74) is 1.42. The smallest absolute Gasteiger partial charge is 0.125 e. The number of hydrogen-bond acceptors (Lipinski definition) is 2. The number of rotatable bonds is 1. The van der Waals surface area contributed by atoms with Crippen LogP contribution in [0.3, 0.4) is 0 Å². The molecule has 0 bridgehead atoms. The summed E-state index contributed by atoms with van der Waals surface area (Å²) in [5.74, 6) is 0.318. The highest BCUT2D eigenvalue weighted by Gasteiger charge is 2.42. The minimum absolute atomic E-state index is 0.165. The quantitative estimate of drug-likeness (QED) is 0.530. The Bertz CT molecular complexity index is 291. The van der Waals surface area contributed by atoms with E-state index in [9.17, 15) is 9.90 Å². The number of fused-ring (bicyclic) bond motifs is 1. The van der Waals surface area contributed by atoms with Crippen molar-refractivity contribution in [1.29, 1.82) is 0 Å². The Morgan fingerprint density at radius 3 is 2.87 bits per heavy atom. The van der Waals surface area contributed by atoms with Crippen LogP contribution in [-0.4, -0.2) is 17.5 Å². The van der Waals surface area contributed by atoms with Crippen molar-refractivity contribution in [2.45, 2.75) is 45.6 Å². The van der Waals surface area contributed by atoms with Crippen LogP contribution in [0.1, 0.15) is 39.5 Å². The molecule has 0 spiro atoms. The van der Waals surface area contributed by atoms with Crippen molar-refractivity contribution < 1.29 is 9.90 Å². The molecule has 0 amide bonds. The minimum Gasteiger partial charge on any atom is -0.388 e. The molecule has 0 aromatic heterocycles. The molecule has 3 atom stereocenters. The first-order valence-corrected chi connectivity index (χ1v) is 5.89. The molecule has 1 N–H and O–H groups in total. The lowest BCUT2D eigenvalue weighted by atomic mass is 9.61. The van der Waals surface area contributed by atoms with E-state index in [0.29, 0.717) is 11.3 Å². The zero-order valence-electron chi connectivity index (χ0n) is 9.57. The molecular formula is C13H20O2. The molecule has 2 aliphatic carbocycles. The summed E-state index contributed by atoms with van der Waals surface area (Å²) < 4.78 is 0. The molecule has 0 aromatic carbocycles. The van der Waals surface area contributed by atoms with Gasteiger partial charge in [0.25, 0.3) is 0 Å². The molecule has 2 heteroatoms. The van der Waals surface area contributed by atoms with E-state index in [-0.39, 0.29) is 5.92 Å². The number of hydrogen-bond donors (Lipinski definition) is 1. The van der Waals surface area contributed by atoms with Gasteiger partial charge in [0.1, 0.15) is 6.29 Å². The highest BCUT2D eigenvalue weighted by atomic mass is 16.3. The molecule has 0 radical (unpaired) electrons. The Kier molecular flexibility index (Phi) is 2.72. The lowest BCUT2D eigenvalue weighted by Gasteiger charge is -2.45. The van der Waals surface area contributed by atoms with Crippen molar-refractivity contribution in [3.05, 3.63) is 11.6 Å². The maximum absolute atomic E-state index is 10.8. The fraction of sp³-hybridized carbons (Fsp3) is 0.769. The maximum atomic E-state index is 10.8. The number of aldehydes is 1. The van der Waals surface area contributed by atoms with E-state index in [1.54, 1.807) is 0 Å². The van der Waals surface area contributed by atoms with Gasteiger partial charge in [-0.15, -0.1) is 0 Å². The summed E-state index contributed by atoms with van der Waals surface area (Å²) in [5, 5.41) is 10.1. The van der Waals surface area contributed by atoms with Crippen LogP contribution in [0.25, 0.3) is 0 Å². The molecule has 2 aliphatic rings. The first kappa shape index (κ1) is 10.9. The zero-order valence-corrected chi connectivity index (χ0v) is 9.57. The Balaban J connectivity index is 2.26. The van der Waals surface area contributed by atoms with Gasteiger partial charge in [0.2, 0.25) is 0 Å². The predicted molar refractivity (Wildman–Crippen MR) is 59.4 cm³/mol. The van der Waals surface area contributed by atoms with Gasteiger partial charge in [0.15, 0.2) is 0 Å². The SMILES string of the molecule is CC1(C)CCC=C2[C@H](O)[C@H](C=O)CC[C@@H]21. The van der Waals surface area contributed by atoms with Crippen LogP contribution in [-0.2, 0) is 4.79 Å². The zero-order chi connectivity index (χ0) is 11.1. The first-order valence-electron chi connectivity index (χ1n) is 5.89. The highest BCUT2D eigenvalue weighted by molar-refractivity contribution is 5.56. The molecule has 84 valence electrons. The van der Waals surface area contributed by atoms with Crippen LogP contribution in [0.4, 0.5) is 0 Å². The van der Waals surface area contributed by atoms with Crippen LogP contribution in [0.2, 0.25) is 0 Å². The van der Waals surface area contributed by atoms with Gasteiger partial charge in [-0.2, -0.15) is 0 Å². The van der Waals surface area contributed by atoms with Crippen LogP contribution in [0.15, 0.2) is 11.6 Å². The molecule has 1 fully saturated rings. The van der Waals surface area contributed by atoms with Crippen LogP contribution in [0, 0.1) is 17.3 Å². The summed E-state index contributed by atoms with van der Waals surface area (Å²) in [4.78, 5) is 10.8. The number of allylic oxidation sites excluding steroid dienone is 1. The number of aliphatic hydroxyl groups is 1. The number of carbonyl (C=O) groups is 1. The summed E-state index contributed by atoms with van der Waals surface area (Å²) in [6.07, 6.45) is 6.71. The van der Waals surface area contributed by atoms with Crippen LogP contribution in [0.5, 0.6) is 0 Å². The molecule has 0 unspecified atom stereocenters. The Morgan fingerprint density at radius 2 is 2.20 bits per heavy atom. The largest absolute Gasteiger partial charge is 0.388 e. The molecule has 0 aromatic rings. The van der Waals surface area contributed by atoms with Gasteiger partial charge in [0, 0.05) is 5.92 Å². The maximum Gasteiger partial charge on any atom is 0.125 e. The average molecular weight is 208 g/mol. The lowest BCUT2D eigenvalue weighted by Crippen LogP contribution is -2.41. The van der Waals surface area contributed by atoms with Crippen molar-refractivity contribution in [2.24, 2.45) is 17.3 Å². The average Bonchev–Trinajstić information content (AvgIpc) is 2.19. The second-order valence-corrected chi connectivity index (χ2v) is 5.61. The summed E-state index contributed by atoms with van der Waals surface area (Å²) in [7, 11) is 0. The number of aliphatic hydroxyl groups excluding tert-OH is 1. The van der Waals surface area contributed by atoms with Crippen LogP contribution >= 0.6 is 0 Å². The number of carbonyl (C=O) groups excluding carboxylic acids is 1. The van der Waals surface area contributed by atoms with Gasteiger partial charge in [-0.1, -0.05) is 19.9 Å². The van der Waals surface area contributed by atoms with Crippen molar-refractivity contribution in [2.75, 3.05) is 0 Å². The molecule has 0 saturated heterocycles. The topological polar surface area (TPSA) is 37.3 Å². The third kappa shape index (κ3) is 1.76. The van der Waals surface area contributed by atoms with E-state index in [2.05, 4.69) is 19.9 Å². The molecule has 15 heavy (non-hydrogen) atoms. The van der Waals surface area contributed by atoms with Gasteiger partial charge in [-0.25, -0.2) is 0 Å². The second kappa shape index (κ2) is 3.75. The Hall–Kier alpha value is -0.630. The van der Waals surface area contributed by atoms with Crippen molar-refractivity contribution in [3.63, 3.8) is 0 Å². The molecule has 0 aliphatic heterocycles. The van der Waals surface area contributed by atoms with Gasteiger partial charge in [-0.3, -0.25) is 0 Å². The standard InChI is InChI=1S/C13H20O2/c1-13(2)7-3-4-10-11(13)6-5-9(8-14)12(10)15/h4,8-9,11-12,15H,3,5-7H2,1-2H3/t9-,11-,12+/m0/s1. The van der Waals surface area contributed by atoms with Crippen molar-refractivity contribution in [1.82, 2.24) is 0 Å². The van der Waals surface area contributed by atoms with Crippen molar-refractivity contribution >= 4 is 6.29 Å². The van der Waals surface area contributed by atoms with E-state index < -0.39 is 6.10 Å². The van der Waals surface area contributed by atoms with Crippen LogP contribution < -0.4 is 0 Å². The van der Waals surface area contributed by atoms with E-state index in [0.717, 1.165) is 31.1 Å². The first-order chi connectivity index (χ1) is 7.06. The van der Waals surface area contributed by atoms with Crippen molar-refractivity contribution in [3.8, 4) is 0 Å². The molecule has 2 rings (SSSR count). The summed E-state index contributed by atoms with van der Waals surface area (Å²) in [6.45, 7) is 4.55. The Morgan fingerprint density at radius 1 is 1.47 bits per heavy atom. The fourth-order valence-corrected chi connectivity index (χ4v) is 3.17. The lowest BCUT2D eigenvalue weighted by molar-refractivity contribution is -0.115. The van der Waals surface area contributed by atoms with E-state index >= 15 is 0 Å². The summed E-state index contributed by atoms with van der Waals surface area (Å²) in [6, 6.07) is 0. The predicted octanol–water partition coefficient (Wildman–Crippen LogP) is 2.32. The van der Waals surface area contributed by atoms with E-state index in [1.165, 1.54) is 6.42 Å². The van der Waals surface area contributed by atoms with Gasteiger partial charge < -0.3 is 9.90 Å². The van der Waals surface area contributed by atoms with Gasteiger partial charge in [0.05, 0.1) is 6.10 Å². The normalized spacial score (nSPS) is 39.1. The molecule has 1 saturated carbocycles. The monoisotopic (exact) mass is 208 g/mol. The van der Waals surface area contributed by atoms with Gasteiger partial charge in [-0.05, 0) is 42.6 Å². The third-order valence-corrected chi connectivity index (χ3v) is 4.22.